The van der Waals surface area contributed by atoms with Crippen molar-refractivity contribution in [2.75, 3.05) is 26.2 Å². The minimum Gasteiger partial charge on any atom is -0.444 e. The zero-order valence-electron chi connectivity index (χ0n) is 16.3. The topological polar surface area (TPSA) is 53.0 Å². The van der Waals surface area contributed by atoms with Crippen molar-refractivity contribution in [1.82, 2.24) is 9.80 Å². The van der Waals surface area contributed by atoms with Crippen molar-refractivity contribution in [2.24, 2.45) is 0 Å². The first kappa shape index (κ1) is 22.2. The fourth-order valence-electron chi connectivity index (χ4n) is 3.08. The molecular weight excluding hydrogens is 292 g/mol. The number of hydrogen-bond donors (Lipinski definition) is 1. The Hall–Kier alpha value is -0.810. The van der Waals surface area contributed by atoms with Gasteiger partial charge < -0.3 is 9.84 Å². The number of aliphatic hydroxyl groups excluding tert-OH is 1. The van der Waals surface area contributed by atoms with E-state index >= 15 is 0 Å². The number of likely N-dealkylation sites (tertiary alicyclic amines) is 1. The smallest absolute Gasteiger partial charge is 0.410 e. The number of nitrogens with zero attached hydrogens (tertiary/aromatic N) is 2. The second-order valence-corrected chi connectivity index (χ2v) is 6.61. The SMILES string of the molecule is CC.CC.CC(C)(C)OC(=O)N1C2CCC1CN(CCCO)C2. The summed E-state index contributed by atoms with van der Waals surface area (Å²) in [4.78, 5) is 16.5. The lowest BCUT2D eigenvalue weighted by molar-refractivity contribution is -0.00495. The summed E-state index contributed by atoms with van der Waals surface area (Å²) in [7, 11) is 0. The van der Waals surface area contributed by atoms with E-state index in [0.29, 0.717) is 0 Å². The molecule has 2 rings (SSSR count). The van der Waals surface area contributed by atoms with E-state index in [2.05, 4.69) is 4.90 Å². The molecule has 2 heterocycles. The number of amides is 1. The summed E-state index contributed by atoms with van der Waals surface area (Å²) in [6.45, 7) is 16.7. The molecule has 138 valence electrons. The summed E-state index contributed by atoms with van der Waals surface area (Å²) in [5.74, 6) is 0. The Balaban J connectivity index is 0.00000112. The third kappa shape index (κ3) is 7.08. The van der Waals surface area contributed by atoms with Gasteiger partial charge in [0.05, 0.1) is 0 Å². The molecule has 23 heavy (non-hydrogen) atoms. The fraction of sp³-hybridized carbons (Fsp3) is 0.944. The number of aliphatic hydroxyl groups is 1. The van der Waals surface area contributed by atoms with Gasteiger partial charge in [-0.3, -0.25) is 9.80 Å². The standard InChI is InChI=1S/C14H26N2O3.2C2H6/c1-14(2,3)19-13(18)16-11-5-6-12(16)10-15(9-11)7-4-8-17;2*1-2/h11-12,17H,4-10H2,1-3H3;2*1-2H3. The molecule has 1 amide bonds. The monoisotopic (exact) mass is 330 g/mol. The van der Waals surface area contributed by atoms with Gasteiger partial charge in [0.1, 0.15) is 5.60 Å². The quantitative estimate of drug-likeness (QED) is 0.860. The molecule has 2 aliphatic rings. The lowest BCUT2D eigenvalue weighted by Gasteiger charge is -2.41. The molecule has 2 atom stereocenters. The van der Waals surface area contributed by atoms with Crippen LogP contribution in [0, 0.1) is 0 Å². The van der Waals surface area contributed by atoms with E-state index in [1.54, 1.807) is 0 Å². The largest absolute Gasteiger partial charge is 0.444 e. The summed E-state index contributed by atoms with van der Waals surface area (Å²) in [5, 5.41) is 8.90. The third-order valence-electron chi connectivity index (χ3n) is 3.79. The van der Waals surface area contributed by atoms with Crippen LogP contribution in [0.25, 0.3) is 0 Å². The molecule has 2 bridgehead atoms. The van der Waals surface area contributed by atoms with Crippen LogP contribution in [0.15, 0.2) is 0 Å². The molecule has 2 aliphatic heterocycles. The van der Waals surface area contributed by atoms with E-state index in [0.717, 1.165) is 38.9 Å². The van der Waals surface area contributed by atoms with Crippen LogP contribution >= 0.6 is 0 Å². The predicted octanol–water partition coefficient (Wildman–Crippen LogP) is 3.50. The molecule has 0 aromatic heterocycles. The maximum Gasteiger partial charge on any atom is 0.410 e. The second-order valence-electron chi connectivity index (χ2n) is 6.61. The van der Waals surface area contributed by atoms with Crippen LogP contribution in [0.2, 0.25) is 0 Å². The van der Waals surface area contributed by atoms with Crippen LogP contribution < -0.4 is 0 Å². The van der Waals surface area contributed by atoms with Gasteiger partial charge in [0.25, 0.3) is 0 Å². The first-order valence-corrected chi connectivity index (χ1v) is 9.25. The number of carbonyl (C=O) groups is 1. The minimum absolute atomic E-state index is 0.165. The molecule has 0 spiro atoms. The van der Waals surface area contributed by atoms with Gasteiger partial charge in [0.2, 0.25) is 0 Å². The molecule has 0 saturated carbocycles. The van der Waals surface area contributed by atoms with Crippen molar-refractivity contribution in [3.05, 3.63) is 0 Å². The highest BCUT2D eigenvalue weighted by atomic mass is 16.6. The molecule has 1 N–H and O–H groups in total. The number of piperazine rings is 1. The van der Waals surface area contributed by atoms with Gasteiger partial charge in [0, 0.05) is 38.3 Å². The van der Waals surface area contributed by atoms with Gasteiger partial charge in [-0.05, 0) is 40.0 Å². The van der Waals surface area contributed by atoms with Crippen molar-refractivity contribution in [2.45, 2.75) is 85.4 Å². The summed E-state index contributed by atoms with van der Waals surface area (Å²) in [6.07, 6.45) is 2.78. The van der Waals surface area contributed by atoms with E-state index in [1.807, 2.05) is 53.4 Å². The number of carbonyl (C=O) groups excluding carboxylic acids is 1. The zero-order valence-corrected chi connectivity index (χ0v) is 16.3. The molecule has 0 aliphatic carbocycles. The average Bonchev–Trinajstić information content (AvgIpc) is 2.79. The number of fused-ring (bicyclic) bond motifs is 2. The Bertz CT molecular complexity index is 315. The van der Waals surface area contributed by atoms with Crippen molar-refractivity contribution in [1.29, 1.82) is 0 Å². The Morgan fingerprint density at radius 2 is 1.57 bits per heavy atom. The molecule has 2 unspecified atom stereocenters. The zero-order chi connectivity index (χ0) is 18.0. The number of rotatable bonds is 3. The van der Waals surface area contributed by atoms with Crippen LogP contribution in [0.5, 0.6) is 0 Å². The van der Waals surface area contributed by atoms with E-state index < -0.39 is 5.60 Å². The van der Waals surface area contributed by atoms with Gasteiger partial charge in [-0.25, -0.2) is 4.79 Å². The highest BCUT2D eigenvalue weighted by Crippen LogP contribution is 2.31. The van der Waals surface area contributed by atoms with Crippen LogP contribution in [-0.4, -0.2) is 64.9 Å². The molecule has 2 saturated heterocycles. The Labute approximate surface area is 143 Å². The molecule has 2 fully saturated rings. The highest BCUT2D eigenvalue weighted by Gasteiger charge is 2.43. The summed E-state index contributed by atoms with van der Waals surface area (Å²) < 4.78 is 5.50. The molecular formula is C18H38N2O3. The average molecular weight is 331 g/mol. The van der Waals surface area contributed by atoms with Crippen LogP contribution in [-0.2, 0) is 4.74 Å². The van der Waals surface area contributed by atoms with E-state index in [1.165, 1.54) is 0 Å². The number of ether oxygens (including phenoxy) is 1. The van der Waals surface area contributed by atoms with E-state index in [4.69, 9.17) is 9.84 Å². The molecule has 5 heteroatoms. The molecule has 0 radical (unpaired) electrons. The lowest BCUT2D eigenvalue weighted by Crippen LogP contribution is -2.56. The van der Waals surface area contributed by atoms with Gasteiger partial charge in [-0.15, -0.1) is 0 Å². The maximum absolute atomic E-state index is 12.2. The molecule has 0 aromatic rings. The maximum atomic E-state index is 12.2. The fourth-order valence-corrected chi connectivity index (χ4v) is 3.08. The van der Waals surface area contributed by atoms with Gasteiger partial charge in [-0.2, -0.15) is 0 Å². The van der Waals surface area contributed by atoms with Gasteiger partial charge in [0.15, 0.2) is 0 Å². The van der Waals surface area contributed by atoms with E-state index in [-0.39, 0.29) is 24.8 Å². The molecule has 5 nitrogen and oxygen atoms in total. The Morgan fingerprint density at radius 1 is 1.09 bits per heavy atom. The van der Waals surface area contributed by atoms with Crippen molar-refractivity contribution in [3.8, 4) is 0 Å². The highest BCUT2D eigenvalue weighted by molar-refractivity contribution is 5.69. The minimum atomic E-state index is -0.426. The van der Waals surface area contributed by atoms with Crippen LogP contribution in [0.1, 0.15) is 67.7 Å². The van der Waals surface area contributed by atoms with Crippen LogP contribution in [0.4, 0.5) is 4.79 Å². The predicted molar refractivity (Wildman–Crippen MR) is 95.7 cm³/mol. The Kier molecular flexibility index (Phi) is 10.5. The van der Waals surface area contributed by atoms with Crippen LogP contribution in [0.3, 0.4) is 0 Å². The summed E-state index contributed by atoms with van der Waals surface area (Å²) in [5.41, 5.74) is -0.426. The normalized spacial score (nSPS) is 23.4. The van der Waals surface area contributed by atoms with Gasteiger partial charge in [-0.1, -0.05) is 27.7 Å². The third-order valence-corrected chi connectivity index (χ3v) is 3.79. The van der Waals surface area contributed by atoms with Gasteiger partial charge >= 0.3 is 6.09 Å². The van der Waals surface area contributed by atoms with E-state index in [9.17, 15) is 4.79 Å². The van der Waals surface area contributed by atoms with Crippen molar-refractivity contribution >= 4 is 6.09 Å². The Morgan fingerprint density at radius 3 is 1.96 bits per heavy atom. The first-order valence-electron chi connectivity index (χ1n) is 9.25. The van der Waals surface area contributed by atoms with Crippen molar-refractivity contribution in [3.63, 3.8) is 0 Å². The first-order chi connectivity index (χ1) is 10.9. The summed E-state index contributed by atoms with van der Waals surface area (Å²) in [6, 6.07) is 0.569. The summed E-state index contributed by atoms with van der Waals surface area (Å²) >= 11 is 0. The lowest BCUT2D eigenvalue weighted by atomic mass is 10.2. The second kappa shape index (κ2) is 10.9. The molecule has 0 aromatic carbocycles. The van der Waals surface area contributed by atoms with Crippen molar-refractivity contribution < 1.29 is 14.6 Å². The number of hydrogen-bond acceptors (Lipinski definition) is 4.